The van der Waals surface area contributed by atoms with Crippen LogP contribution in [0.25, 0.3) is 11.1 Å². The highest BCUT2D eigenvalue weighted by atomic mass is 19.1. The number of benzene rings is 2. The molecule has 0 unspecified atom stereocenters. The van der Waals surface area contributed by atoms with E-state index in [1.165, 1.54) is 6.07 Å². The van der Waals surface area contributed by atoms with Gasteiger partial charge in [0, 0.05) is 17.3 Å². The molecule has 0 amide bonds. The van der Waals surface area contributed by atoms with Gasteiger partial charge in [0.2, 0.25) is 0 Å². The van der Waals surface area contributed by atoms with Crippen LogP contribution in [0.5, 0.6) is 0 Å². The number of H-pyrrole nitrogens is 1. The molecule has 20 heavy (non-hydrogen) atoms. The van der Waals surface area contributed by atoms with Gasteiger partial charge < -0.3 is 15.5 Å². The fraction of sp³-hybridized carbons (Fsp3) is 0.0714. The molecule has 0 atom stereocenters. The number of fused-ring (bicyclic) bond motifs is 1. The standard InChI is InChI=1S/C14H12FN3O2/c1-7-8(15)3-2-4-10(7)17-11-6-12-13(5-9(11)16)20-14(19)18-12/h2-6,17H,16H2,1H3,(H,18,19). The first kappa shape index (κ1) is 12.3. The van der Waals surface area contributed by atoms with Gasteiger partial charge in [0.25, 0.3) is 0 Å². The van der Waals surface area contributed by atoms with E-state index >= 15 is 0 Å². The molecule has 0 bridgehead atoms. The van der Waals surface area contributed by atoms with Crippen LogP contribution < -0.4 is 16.8 Å². The van der Waals surface area contributed by atoms with Crippen LogP contribution in [0.2, 0.25) is 0 Å². The van der Waals surface area contributed by atoms with E-state index in [1.807, 2.05) is 0 Å². The van der Waals surface area contributed by atoms with E-state index in [-0.39, 0.29) is 5.82 Å². The van der Waals surface area contributed by atoms with Crippen LogP contribution >= 0.6 is 0 Å². The Hall–Kier alpha value is -2.76. The third kappa shape index (κ3) is 2.01. The number of nitrogen functional groups attached to an aromatic ring is 1. The summed E-state index contributed by atoms with van der Waals surface area (Å²) in [6, 6.07) is 7.95. The molecule has 0 aliphatic rings. The van der Waals surface area contributed by atoms with E-state index in [1.54, 1.807) is 31.2 Å². The van der Waals surface area contributed by atoms with Crippen molar-refractivity contribution < 1.29 is 8.81 Å². The Morgan fingerprint density at radius 2 is 2.10 bits per heavy atom. The molecule has 0 spiro atoms. The second kappa shape index (κ2) is 4.41. The monoisotopic (exact) mass is 273 g/mol. The summed E-state index contributed by atoms with van der Waals surface area (Å²) in [7, 11) is 0. The van der Waals surface area contributed by atoms with Crippen LogP contribution in [0.4, 0.5) is 21.5 Å². The lowest BCUT2D eigenvalue weighted by Crippen LogP contribution is -1.99. The third-order valence-electron chi connectivity index (χ3n) is 3.13. The smallest absolute Gasteiger partial charge is 0.408 e. The Bertz CT molecular complexity index is 851. The average Bonchev–Trinajstić information content (AvgIpc) is 2.74. The Morgan fingerprint density at radius 1 is 1.30 bits per heavy atom. The molecular formula is C14H12FN3O2. The largest absolute Gasteiger partial charge is 0.417 e. The van der Waals surface area contributed by atoms with E-state index in [2.05, 4.69) is 10.3 Å². The van der Waals surface area contributed by atoms with E-state index in [9.17, 15) is 9.18 Å². The van der Waals surface area contributed by atoms with Crippen molar-refractivity contribution in [2.75, 3.05) is 11.1 Å². The molecule has 5 nitrogen and oxygen atoms in total. The highest BCUT2D eigenvalue weighted by Gasteiger charge is 2.09. The number of hydrogen-bond donors (Lipinski definition) is 3. The van der Waals surface area contributed by atoms with E-state index in [0.717, 1.165) is 0 Å². The van der Waals surface area contributed by atoms with Crippen molar-refractivity contribution in [2.24, 2.45) is 0 Å². The van der Waals surface area contributed by atoms with Crippen molar-refractivity contribution in [3.63, 3.8) is 0 Å². The number of halogens is 1. The van der Waals surface area contributed by atoms with Crippen LogP contribution in [0.3, 0.4) is 0 Å². The fourth-order valence-electron chi connectivity index (χ4n) is 2.01. The zero-order valence-corrected chi connectivity index (χ0v) is 10.7. The SMILES string of the molecule is Cc1c(F)cccc1Nc1cc2[nH]c(=O)oc2cc1N. The first-order valence-electron chi connectivity index (χ1n) is 5.99. The molecule has 0 aliphatic carbocycles. The molecule has 4 N–H and O–H groups in total. The maximum Gasteiger partial charge on any atom is 0.417 e. The minimum Gasteiger partial charge on any atom is -0.408 e. The number of aromatic amines is 1. The van der Waals surface area contributed by atoms with Gasteiger partial charge >= 0.3 is 5.76 Å². The first-order valence-corrected chi connectivity index (χ1v) is 5.99. The van der Waals surface area contributed by atoms with E-state index in [0.29, 0.717) is 33.7 Å². The summed E-state index contributed by atoms with van der Waals surface area (Å²) in [5, 5.41) is 3.05. The lowest BCUT2D eigenvalue weighted by atomic mass is 10.1. The zero-order chi connectivity index (χ0) is 14.3. The van der Waals surface area contributed by atoms with Crippen molar-refractivity contribution in [3.8, 4) is 0 Å². The molecule has 0 aliphatic heterocycles. The Kier molecular flexibility index (Phi) is 2.71. The summed E-state index contributed by atoms with van der Waals surface area (Å²) >= 11 is 0. The van der Waals surface area contributed by atoms with Gasteiger partial charge in [-0.2, -0.15) is 0 Å². The Labute approximate surface area is 113 Å². The third-order valence-corrected chi connectivity index (χ3v) is 3.13. The summed E-state index contributed by atoms with van der Waals surface area (Å²) in [4.78, 5) is 13.7. The maximum absolute atomic E-state index is 13.5. The molecular weight excluding hydrogens is 261 g/mol. The minimum atomic E-state index is -0.543. The normalized spacial score (nSPS) is 10.9. The van der Waals surface area contributed by atoms with Crippen LogP contribution in [-0.4, -0.2) is 4.98 Å². The van der Waals surface area contributed by atoms with Crippen LogP contribution in [0, 0.1) is 12.7 Å². The predicted octanol–water partition coefficient (Wildman–Crippen LogP) is 2.89. The molecule has 0 saturated heterocycles. The van der Waals surface area contributed by atoms with Crippen molar-refractivity contribution in [2.45, 2.75) is 6.92 Å². The molecule has 0 fully saturated rings. The number of nitrogens with one attached hydrogen (secondary N) is 2. The molecule has 1 aromatic heterocycles. The molecule has 0 saturated carbocycles. The Morgan fingerprint density at radius 3 is 2.90 bits per heavy atom. The minimum absolute atomic E-state index is 0.300. The lowest BCUT2D eigenvalue weighted by Gasteiger charge is -2.12. The number of anilines is 3. The van der Waals surface area contributed by atoms with E-state index in [4.69, 9.17) is 10.2 Å². The van der Waals surface area contributed by atoms with Gasteiger partial charge in [-0.3, -0.25) is 4.98 Å². The predicted molar refractivity (Wildman–Crippen MR) is 75.7 cm³/mol. The van der Waals surface area contributed by atoms with Crippen LogP contribution in [0.15, 0.2) is 39.5 Å². The molecule has 102 valence electrons. The van der Waals surface area contributed by atoms with Gasteiger partial charge in [0.1, 0.15) is 5.82 Å². The fourth-order valence-corrected chi connectivity index (χ4v) is 2.01. The van der Waals surface area contributed by atoms with Gasteiger partial charge in [-0.25, -0.2) is 9.18 Å². The maximum atomic E-state index is 13.5. The number of aromatic nitrogens is 1. The zero-order valence-electron chi connectivity index (χ0n) is 10.7. The summed E-state index contributed by atoms with van der Waals surface area (Å²) < 4.78 is 18.4. The second-order valence-electron chi connectivity index (χ2n) is 4.49. The summed E-state index contributed by atoms with van der Waals surface area (Å²) in [5.41, 5.74) is 8.90. The van der Waals surface area contributed by atoms with Crippen LogP contribution in [-0.2, 0) is 0 Å². The molecule has 2 aromatic carbocycles. The van der Waals surface area contributed by atoms with Crippen molar-refractivity contribution in [1.82, 2.24) is 4.98 Å². The number of oxazole rings is 1. The highest BCUT2D eigenvalue weighted by Crippen LogP contribution is 2.29. The lowest BCUT2D eigenvalue weighted by molar-refractivity contribution is 0.555. The van der Waals surface area contributed by atoms with Crippen molar-refractivity contribution in [1.29, 1.82) is 0 Å². The van der Waals surface area contributed by atoms with Crippen molar-refractivity contribution in [3.05, 3.63) is 52.3 Å². The molecule has 6 heteroatoms. The number of hydrogen-bond acceptors (Lipinski definition) is 4. The summed E-state index contributed by atoms with van der Waals surface area (Å²) in [6.07, 6.45) is 0. The quantitative estimate of drug-likeness (QED) is 0.627. The van der Waals surface area contributed by atoms with Gasteiger partial charge in [0.05, 0.1) is 16.9 Å². The van der Waals surface area contributed by atoms with Gasteiger partial charge in [0.15, 0.2) is 5.58 Å². The Balaban J connectivity index is 2.08. The highest BCUT2D eigenvalue weighted by molar-refractivity contribution is 5.87. The first-order chi connectivity index (χ1) is 9.54. The summed E-state index contributed by atoms with van der Waals surface area (Å²) in [5.74, 6) is -0.843. The second-order valence-corrected chi connectivity index (χ2v) is 4.49. The van der Waals surface area contributed by atoms with Crippen molar-refractivity contribution >= 4 is 28.2 Å². The molecule has 1 heterocycles. The molecule has 3 rings (SSSR count). The topological polar surface area (TPSA) is 84.0 Å². The number of rotatable bonds is 2. The molecule has 3 aromatic rings. The van der Waals surface area contributed by atoms with Gasteiger partial charge in [-0.1, -0.05) is 6.07 Å². The number of nitrogens with two attached hydrogens (primary N) is 1. The van der Waals surface area contributed by atoms with Gasteiger partial charge in [-0.15, -0.1) is 0 Å². The van der Waals surface area contributed by atoms with Crippen LogP contribution in [0.1, 0.15) is 5.56 Å². The van der Waals surface area contributed by atoms with Gasteiger partial charge in [-0.05, 0) is 25.1 Å². The summed E-state index contributed by atoms with van der Waals surface area (Å²) in [6.45, 7) is 1.67. The average molecular weight is 273 g/mol. The molecule has 0 radical (unpaired) electrons. The van der Waals surface area contributed by atoms with E-state index < -0.39 is 5.76 Å².